The molecule has 1 aromatic heterocycles. The van der Waals surface area contributed by atoms with Gasteiger partial charge in [-0.2, -0.15) is 0 Å². The topological polar surface area (TPSA) is 21.3 Å². The molecule has 1 aromatic carbocycles. The highest BCUT2D eigenvalue weighted by Crippen LogP contribution is 2.29. The Labute approximate surface area is 125 Å². The van der Waals surface area contributed by atoms with Crippen LogP contribution in [-0.4, -0.2) is 6.61 Å². The molecule has 0 fully saturated rings. The van der Waals surface area contributed by atoms with Crippen molar-refractivity contribution in [3.63, 3.8) is 0 Å². The van der Waals surface area contributed by atoms with Gasteiger partial charge in [-0.3, -0.25) is 0 Å². The van der Waals surface area contributed by atoms with Gasteiger partial charge < -0.3 is 10.1 Å². The van der Waals surface area contributed by atoms with Crippen LogP contribution in [0.25, 0.3) is 0 Å². The van der Waals surface area contributed by atoms with E-state index in [0.29, 0.717) is 6.04 Å². The fraction of sp³-hybridized carbons (Fsp3) is 0.412. The van der Waals surface area contributed by atoms with Gasteiger partial charge in [-0.25, -0.2) is 0 Å². The fourth-order valence-corrected chi connectivity index (χ4v) is 3.30. The average Bonchev–Trinajstić information content (AvgIpc) is 2.77. The van der Waals surface area contributed by atoms with E-state index in [1.807, 2.05) is 23.5 Å². The number of thiophene rings is 1. The Morgan fingerprint density at radius 1 is 1.20 bits per heavy atom. The van der Waals surface area contributed by atoms with Gasteiger partial charge in [0.1, 0.15) is 5.75 Å². The minimum Gasteiger partial charge on any atom is -0.494 e. The van der Waals surface area contributed by atoms with Gasteiger partial charge in [-0.05, 0) is 63.1 Å². The highest BCUT2D eigenvalue weighted by Gasteiger charge is 2.11. The van der Waals surface area contributed by atoms with E-state index in [4.69, 9.17) is 4.74 Å². The first-order chi connectivity index (χ1) is 9.60. The zero-order chi connectivity index (χ0) is 14.5. The van der Waals surface area contributed by atoms with Crippen molar-refractivity contribution in [1.82, 2.24) is 0 Å². The smallest absolute Gasteiger partial charge is 0.119 e. The van der Waals surface area contributed by atoms with E-state index in [-0.39, 0.29) is 0 Å². The monoisotopic (exact) mass is 289 g/mol. The van der Waals surface area contributed by atoms with Crippen molar-refractivity contribution >= 4 is 17.0 Å². The fourth-order valence-electron chi connectivity index (χ4n) is 2.28. The summed E-state index contributed by atoms with van der Waals surface area (Å²) in [7, 11) is 0. The van der Waals surface area contributed by atoms with E-state index in [9.17, 15) is 0 Å². The SMILES string of the molecule is CCCOc1ccc(NC(C)c2cc(C)sc2C)cc1. The van der Waals surface area contributed by atoms with Crippen molar-refractivity contribution in [2.75, 3.05) is 11.9 Å². The van der Waals surface area contributed by atoms with Gasteiger partial charge in [0.2, 0.25) is 0 Å². The summed E-state index contributed by atoms with van der Waals surface area (Å²) < 4.78 is 5.60. The van der Waals surface area contributed by atoms with Crippen LogP contribution in [0, 0.1) is 13.8 Å². The van der Waals surface area contributed by atoms with Crippen LogP contribution in [0.2, 0.25) is 0 Å². The molecule has 0 bridgehead atoms. The van der Waals surface area contributed by atoms with Crippen LogP contribution >= 0.6 is 11.3 Å². The van der Waals surface area contributed by atoms with Crippen LogP contribution in [0.4, 0.5) is 5.69 Å². The van der Waals surface area contributed by atoms with Crippen LogP contribution < -0.4 is 10.1 Å². The van der Waals surface area contributed by atoms with E-state index in [1.54, 1.807) is 0 Å². The second-order valence-corrected chi connectivity index (χ2v) is 6.57. The number of nitrogens with one attached hydrogen (secondary N) is 1. The molecule has 0 radical (unpaired) electrons. The summed E-state index contributed by atoms with van der Waals surface area (Å²) in [6.45, 7) is 9.44. The lowest BCUT2D eigenvalue weighted by Crippen LogP contribution is -2.06. The van der Waals surface area contributed by atoms with Crippen LogP contribution in [0.15, 0.2) is 30.3 Å². The second kappa shape index (κ2) is 6.80. The van der Waals surface area contributed by atoms with Gasteiger partial charge in [-0.15, -0.1) is 11.3 Å². The molecular weight excluding hydrogens is 266 g/mol. The van der Waals surface area contributed by atoms with Crippen molar-refractivity contribution in [1.29, 1.82) is 0 Å². The zero-order valence-corrected chi connectivity index (χ0v) is 13.5. The molecule has 0 aliphatic heterocycles. The summed E-state index contributed by atoms with van der Waals surface area (Å²) in [5.41, 5.74) is 2.52. The van der Waals surface area contributed by atoms with Gasteiger partial charge in [0.25, 0.3) is 0 Å². The minimum absolute atomic E-state index is 0.322. The van der Waals surface area contributed by atoms with Gasteiger partial charge >= 0.3 is 0 Å². The summed E-state index contributed by atoms with van der Waals surface area (Å²) in [6, 6.07) is 10.8. The lowest BCUT2D eigenvalue weighted by molar-refractivity contribution is 0.317. The number of anilines is 1. The number of rotatable bonds is 6. The molecule has 0 aliphatic rings. The summed E-state index contributed by atoms with van der Waals surface area (Å²) in [5.74, 6) is 0.938. The van der Waals surface area contributed by atoms with Crippen LogP contribution in [-0.2, 0) is 0 Å². The highest BCUT2D eigenvalue weighted by molar-refractivity contribution is 7.12. The Balaban J connectivity index is 2.00. The van der Waals surface area contributed by atoms with Crippen LogP contribution in [0.3, 0.4) is 0 Å². The van der Waals surface area contributed by atoms with Crippen LogP contribution in [0.5, 0.6) is 5.75 Å². The summed E-state index contributed by atoms with van der Waals surface area (Å²) in [6.07, 6.45) is 1.04. The Bertz CT molecular complexity index is 545. The number of aryl methyl sites for hydroxylation is 2. The molecule has 0 saturated heterocycles. The number of benzene rings is 1. The maximum absolute atomic E-state index is 5.60. The third-order valence-corrected chi connectivity index (χ3v) is 4.24. The molecule has 1 unspecified atom stereocenters. The van der Waals surface area contributed by atoms with Crippen molar-refractivity contribution < 1.29 is 4.74 Å². The first-order valence-corrected chi connectivity index (χ1v) is 7.98. The van der Waals surface area contributed by atoms with Crippen molar-refractivity contribution in [3.05, 3.63) is 45.6 Å². The van der Waals surface area contributed by atoms with Crippen molar-refractivity contribution in [2.24, 2.45) is 0 Å². The Hall–Kier alpha value is -1.48. The van der Waals surface area contributed by atoms with Gasteiger partial charge in [0.15, 0.2) is 0 Å². The molecule has 1 N–H and O–H groups in total. The molecule has 0 spiro atoms. The first kappa shape index (κ1) is 14.9. The molecule has 0 amide bonds. The average molecular weight is 289 g/mol. The molecule has 0 aliphatic carbocycles. The molecule has 0 saturated carbocycles. The predicted octanol–water partition coefficient (Wildman–Crippen LogP) is 5.33. The Morgan fingerprint density at radius 2 is 1.90 bits per heavy atom. The second-order valence-electron chi connectivity index (χ2n) is 5.11. The summed E-state index contributed by atoms with van der Waals surface area (Å²) in [5, 5.41) is 3.55. The number of hydrogen-bond acceptors (Lipinski definition) is 3. The van der Waals surface area contributed by atoms with E-state index >= 15 is 0 Å². The predicted molar refractivity (Wildman–Crippen MR) is 88.1 cm³/mol. The quantitative estimate of drug-likeness (QED) is 0.776. The number of hydrogen-bond donors (Lipinski definition) is 1. The molecule has 1 atom stereocenters. The minimum atomic E-state index is 0.322. The van der Waals surface area contributed by atoms with Crippen molar-refractivity contribution in [2.45, 2.75) is 40.2 Å². The molecular formula is C17H23NOS. The third kappa shape index (κ3) is 3.76. The molecule has 1 heterocycles. The lowest BCUT2D eigenvalue weighted by Gasteiger charge is -2.16. The van der Waals surface area contributed by atoms with Gasteiger partial charge in [0, 0.05) is 21.5 Å². The van der Waals surface area contributed by atoms with E-state index in [0.717, 1.165) is 24.5 Å². The lowest BCUT2D eigenvalue weighted by atomic mass is 10.1. The summed E-state index contributed by atoms with van der Waals surface area (Å²) >= 11 is 1.86. The maximum atomic E-state index is 5.60. The third-order valence-electron chi connectivity index (χ3n) is 3.26. The van der Waals surface area contributed by atoms with Gasteiger partial charge in [-0.1, -0.05) is 6.92 Å². The molecule has 2 nitrogen and oxygen atoms in total. The molecule has 2 aromatic rings. The maximum Gasteiger partial charge on any atom is 0.119 e. The van der Waals surface area contributed by atoms with E-state index < -0.39 is 0 Å². The summed E-state index contributed by atoms with van der Waals surface area (Å²) in [4.78, 5) is 2.76. The number of ether oxygens (including phenoxy) is 1. The normalized spacial score (nSPS) is 12.2. The van der Waals surface area contributed by atoms with E-state index in [2.05, 4.69) is 51.2 Å². The van der Waals surface area contributed by atoms with E-state index in [1.165, 1.54) is 15.3 Å². The molecule has 20 heavy (non-hydrogen) atoms. The highest BCUT2D eigenvalue weighted by atomic mass is 32.1. The first-order valence-electron chi connectivity index (χ1n) is 7.16. The Kier molecular flexibility index (Phi) is 5.07. The standard InChI is InChI=1S/C17H23NOS/c1-5-10-19-16-8-6-15(7-9-16)18-13(3)17-11-12(2)20-14(17)4/h6-9,11,13,18H,5,10H2,1-4H3. The van der Waals surface area contributed by atoms with Gasteiger partial charge in [0.05, 0.1) is 6.61 Å². The molecule has 2 rings (SSSR count). The largest absolute Gasteiger partial charge is 0.494 e. The van der Waals surface area contributed by atoms with Crippen molar-refractivity contribution in [3.8, 4) is 5.75 Å². The van der Waals surface area contributed by atoms with Crippen LogP contribution in [0.1, 0.15) is 41.6 Å². The Morgan fingerprint density at radius 3 is 2.45 bits per heavy atom. The molecule has 108 valence electrons. The molecule has 3 heteroatoms. The zero-order valence-electron chi connectivity index (χ0n) is 12.7.